The number of halogens is 1. The van der Waals surface area contributed by atoms with E-state index in [9.17, 15) is 9.18 Å². The second-order valence-corrected chi connectivity index (χ2v) is 6.26. The van der Waals surface area contributed by atoms with Gasteiger partial charge in [0.05, 0.1) is 5.69 Å². The standard InChI is InChI=1S/C19H22FN3O/c20-17-5-3-4-16(12-17)19(24)22-13-15-7-10-23(11-8-15)14-18-6-1-2-9-21-18/h1-6,9,12,15H,7-8,10-11,13-14H2,(H,22,24). The van der Waals surface area contributed by atoms with Gasteiger partial charge in [-0.2, -0.15) is 0 Å². The third-order valence-corrected chi connectivity index (χ3v) is 4.46. The van der Waals surface area contributed by atoms with Gasteiger partial charge in [0.1, 0.15) is 5.82 Å². The summed E-state index contributed by atoms with van der Waals surface area (Å²) in [4.78, 5) is 18.8. The fourth-order valence-electron chi connectivity index (χ4n) is 3.04. The highest BCUT2D eigenvalue weighted by molar-refractivity contribution is 5.94. The lowest BCUT2D eigenvalue weighted by Crippen LogP contribution is -2.38. The quantitative estimate of drug-likeness (QED) is 0.918. The molecule has 1 aromatic carbocycles. The predicted molar refractivity (Wildman–Crippen MR) is 91.0 cm³/mol. The molecule has 126 valence electrons. The Bertz CT molecular complexity index is 669. The third kappa shape index (κ3) is 4.61. The molecule has 5 heteroatoms. The molecule has 1 aromatic heterocycles. The lowest BCUT2D eigenvalue weighted by molar-refractivity contribution is 0.0934. The van der Waals surface area contributed by atoms with Crippen molar-refractivity contribution in [2.24, 2.45) is 5.92 Å². The average Bonchev–Trinajstić information content (AvgIpc) is 2.62. The average molecular weight is 327 g/mol. The first kappa shape index (κ1) is 16.6. The summed E-state index contributed by atoms with van der Waals surface area (Å²) in [5.41, 5.74) is 1.47. The Kier molecular flexibility index (Phi) is 5.54. The highest BCUT2D eigenvalue weighted by atomic mass is 19.1. The molecule has 3 rings (SSSR count). The van der Waals surface area contributed by atoms with Crippen LogP contribution in [-0.2, 0) is 6.54 Å². The highest BCUT2D eigenvalue weighted by Crippen LogP contribution is 2.18. The van der Waals surface area contributed by atoms with Crippen LogP contribution in [0.2, 0.25) is 0 Å². The van der Waals surface area contributed by atoms with Crippen molar-refractivity contribution >= 4 is 5.91 Å². The van der Waals surface area contributed by atoms with Crippen LogP contribution >= 0.6 is 0 Å². The maximum Gasteiger partial charge on any atom is 0.251 e. The Morgan fingerprint density at radius 2 is 2.04 bits per heavy atom. The molecule has 0 radical (unpaired) electrons. The molecule has 0 aliphatic carbocycles. The van der Waals surface area contributed by atoms with Crippen LogP contribution < -0.4 is 5.32 Å². The molecule has 0 unspecified atom stereocenters. The van der Waals surface area contributed by atoms with Gasteiger partial charge >= 0.3 is 0 Å². The van der Waals surface area contributed by atoms with Gasteiger partial charge in [-0.05, 0) is 62.2 Å². The zero-order chi connectivity index (χ0) is 16.8. The molecule has 0 atom stereocenters. The van der Waals surface area contributed by atoms with Crippen molar-refractivity contribution in [1.29, 1.82) is 0 Å². The van der Waals surface area contributed by atoms with Crippen LogP contribution in [0.15, 0.2) is 48.7 Å². The van der Waals surface area contributed by atoms with E-state index in [1.54, 1.807) is 12.1 Å². The number of piperidine rings is 1. The summed E-state index contributed by atoms with van der Waals surface area (Å²) in [7, 11) is 0. The lowest BCUT2D eigenvalue weighted by Gasteiger charge is -2.31. The molecule has 2 aromatic rings. The summed E-state index contributed by atoms with van der Waals surface area (Å²) in [5, 5.41) is 2.92. The molecule has 2 heterocycles. The van der Waals surface area contributed by atoms with Gasteiger partial charge in [-0.25, -0.2) is 4.39 Å². The first-order valence-corrected chi connectivity index (χ1v) is 8.37. The summed E-state index contributed by atoms with van der Waals surface area (Å²) in [5.74, 6) is -0.113. The van der Waals surface area contributed by atoms with Gasteiger partial charge in [0, 0.05) is 24.8 Å². The van der Waals surface area contributed by atoms with Crippen molar-refractivity contribution in [3.05, 3.63) is 65.7 Å². The van der Waals surface area contributed by atoms with Crippen LogP contribution in [0.4, 0.5) is 4.39 Å². The van der Waals surface area contributed by atoms with Gasteiger partial charge in [0.15, 0.2) is 0 Å². The fourth-order valence-corrected chi connectivity index (χ4v) is 3.04. The summed E-state index contributed by atoms with van der Waals surface area (Å²) >= 11 is 0. The number of hydrogen-bond donors (Lipinski definition) is 1. The second-order valence-electron chi connectivity index (χ2n) is 6.26. The van der Waals surface area contributed by atoms with Gasteiger partial charge in [-0.3, -0.25) is 14.7 Å². The number of carbonyl (C=O) groups is 1. The number of likely N-dealkylation sites (tertiary alicyclic amines) is 1. The van der Waals surface area contributed by atoms with Crippen LogP contribution in [0.25, 0.3) is 0 Å². The molecule has 1 amide bonds. The molecule has 1 aliphatic rings. The summed E-state index contributed by atoms with van der Waals surface area (Å²) < 4.78 is 13.2. The molecule has 1 fully saturated rings. The molecule has 4 nitrogen and oxygen atoms in total. The van der Waals surface area contributed by atoms with Crippen LogP contribution in [0, 0.1) is 11.7 Å². The van der Waals surface area contributed by atoms with Crippen LogP contribution in [-0.4, -0.2) is 35.4 Å². The Hall–Kier alpha value is -2.27. The molecule has 1 saturated heterocycles. The Balaban J connectivity index is 1.42. The number of rotatable bonds is 5. The minimum Gasteiger partial charge on any atom is -0.352 e. The van der Waals surface area contributed by atoms with Gasteiger partial charge in [-0.15, -0.1) is 0 Å². The fraction of sp³-hybridized carbons (Fsp3) is 0.368. The topological polar surface area (TPSA) is 45.2 Å². The Morgan fingerprint density at radius 1 is 1.21 bits per heavy atom. The summed E-state index contributed by atoms with van der Waals surface area (Å²) in [6.07, 6.45) is 3.93. The third-order valence-electron chi connectivity index (χ3n) is 4.46. The number of hydrogen-bond acceptors (Lipinski definition) is 3. The number of benzene rings is 1. The van der Waals surface area contributed by atoms with E-state index in [1.807, 2.05) is 24.4 Å². The molecular weight excluding hydrogens is 305 g/mol. The van der Waals surface area contributed by atoms with Gasteiger partial charge in [0.25, 0.3) is 5.91 Å². The molecule has 0 saturated carbocycles. The lowest BCUT2D eigenvalue weighted by atomic mass is 9.96. The van der Waals surface area contributed by atoms with E-state index in [2.05, 4.69) is 15.2 Å². The first-order chi connectivity index (χ1) is 11.7. The number of nitrogens with zero attached hydrogens (tertiary/aromatic N) is 2. The minimum absolute atomic E-state index is 0.203. The van der Waals surface area contributed by atoms with Crippen LogP contribution in [0.5, 0.6) is 0 Å². The zero-order valence-electron chi connectivity index (χ0n) is 13.6. The SMILES string of the molecule is O=C(NCC1CCN(Cc2ccccn2)CC1)c1cccc(F)c1. The molecule has 24 heavy (non-hydrogen) atoms. The second kappa shape index (κ2) is 8.02. The van der Waals surface area contributed by atoms with E-state index >= 15 is 0 Å². The van der Waals surface area contributed by atoms with Crippen molar-refractivity contribution in [2.45, 2.75) is 19.4 Å². The van der Waals surface area contributed by atoms with E-state index in [0.717, 1.165) is 38.2 Å². The van der Waals surface area contributed by atoms with Crippen molar-refractivity contribution < 1.29 is 9.18 Å². The van der Waals surface area contributed by atoms with E-state index < -0.39 is 0 Å². The van der Waals surface area contributed by atoms with Crippen LogP contribution in [0.1, 0.15) is 28.9 Å². The maximum absolute atomic E-state index is 13.2. The largest absolute Gasteiger partial charge is 0.352 e. The molecule has 0 bridgehead atoms. The van der Waals surface area contributed by atoms with Gasteiger partial charge in [-0.1, -0.05) is 12.1 Å². The van der Waals surface area contributed by atoms with E-state index in [4.69, 9.17) is 0 Å². The number of carbonyl (C=O) groups excluding carboxylic acids is 1. The maximum atomic E-state index is 13.2. The first-order valence-electron chi connectivity index (χ1n) is 8.37. The van der Waals surface area contributed by atoms with Gasteiger partial charge in [0.2, 0.25) is 0 Å². The predicted octanol–water partition coefficient (Wildman–Crippen LogP) is 2.86. The van der Waals surface area contributed by atoms with E-state index in [1.165, 1.54) is 12.1 Å². The van der Waals surface area contributed by atoms with Crippen molar-refractivity contribution in [2.75, 3.05) is 19.6 Å². The Morgan fingerprint density at radius 3 is 2.75 bits per heavy atom. The van der Waals surface area contributed by atoms with Crippen molar-refractivity contribution in [1.82, 2.24) is 15.2 Å². The van der Waals surface area contributed by atoms with Gasteiger partial charge < -0.3 is 5.32 Å². The zero-order valence-corrected chi connectivity index (χ0v) is 13.6. The van der Waals surface area contributed by atoms with E-state index in [0.29, 0.717) is 18.0 Å². The number of nitrogens with one attached hydrogen (secondary N) is 1. The number of amides is 1. The molecule has 1 aliphatic heterocycles. The minimum atomic E-state index is -0.384. The molecule has 1 N–H and O–H groups in total. The smallest absolute Gasteiger partial charge is 0.251 e. The Labute approximate surface area is 141 Å². The summed E-state index contributed by atoms with van der Waals surface area (Å²) in [6, 6.07) is 11.8. The van der Waals surface area contributed by atoms with Crippen LogP contribution in [0.3, 0.4) is 0 Å². The monoisotopic (exact) mass is 327 g/mol. The molecular formula is C19H22FN3O. The molecule has 0 spiro atoms. The normalized spacial score (nSPS) is 16.0. The van der Waals surface area contributed by atoms with Crippen molar-refractivity contribution in [3.63, 3.8) is 0 Å². The number of aromatic nitrogens is 1. The number of pyridine rings is 1. The summed E-state index contributed by atoms with van der Waals surface area (Å²) in [6.45, 7) is 3.55. The van der Waals surface area contributed by atoms with E-state index in [-0.39, 0.29) is 11.7 Å². The highest BCUT2D eigenvalue weighted by Gasteiger charge is 2.20. The van der Waals surface area contributed by atoms with Crippen molar-refractivity contribution in [3.8, 4) is 0 Å².